The Hall–Kier alpha value is -4.43. The van der Waals surface area contributed by atoms with Crippen LogP contribution in [0.3, 0.4) is 0 Å². The van der Waals surface area contributed by atoms with Gasteiger partial charge in [0.25, 0.3) is 0 Å². The van der Waals surface area contributed by atoms with Crippen LogP contribution in [-0.4, -0.2) is 36.7 Å². The molecule has 0 bridgehead atoms. The summed E-state index contributed by atoms with van der Waals surface area (Å²) in [4.78, 5) is 17.1. The van der Waals surface area contributed by atoms with Crippen molar-refractivity contribution >= 4 is 21.9 Å². The standard InChI is InChI=1S/C31H28FN7/c32-23-7-3-6-21(11-23)24-8-9-35-31-25(24)12-28(37-31)30-26-13-27(36-18-29(26)38-39-30)22-10-20(16-34-17-22)15-33-14-19-4-1-2-5-19/h3,6-13,16-19,33H,1-2,4-5,14-15H2,(H,35,37)(H,38,39). The smallest absolute Gasteiger partial charge is 0.138 e. The Morgan fingerprint density at radius 1 is 0.923 bits per heavy atom. The molecule has 1 saturated carbocycles. The third kappa shape index (κ3) is 4.68. The summed E-state index contributed by atoms with van der Waals surface area (Å²) >= 11 is 0. The average molecular weight is 518 g/mol. The Labute approximate surface area is 224 Å². The van der Waals surface area contributed by atoms with Crippen LogP contribution < -0.4 is 5.32 Å². The predicted octanol–water partition coefficient (Wildman–Crippen LogP) is 6.65. The van der Waals surface area contributed by atoms with Crippen molar-refractivity contribution < 1.29 is 4.39 Å². The van der Waals surface area contributed by atoms with Crippen molar-refractivity contribution in [1.29, 1.82) is 0 Å². The largest absolute Gasteiger partial charge is 0.338 e. The number of rotatable bonds is 7. The molecule has 7 nitrogen and oxygen atoms in total. The number of halogens is 1. The highest BCUT2D eigenvalue weighted by Gasteiger charge is 2.16. The highest BCUT2D eigenvalue weighted by Crippen LogP contribution is 2.34. The molecule has 0 radical (unpaired) electrons. The summed E-state index contributed by atoms with van der Waals surface area (Å²) in [5.41, 5.74) is 7.83. The molecule has 1 aliphatic carbocycles. The molecule has 0 unspecified atom stereocenters. The third-order valence-electron chi connectivity index (χ3n) is 7.70. The number of H-pyrrole nitrogens is 2. The first-order valence-electron chi connectivity index (χ1n) is 13.4. The van der Waals surface area contributed by atoms with Gasteiger partial charge in [-0.1, -0.05) is 25.0 Å². The first-order chi connectivity index (χ1) is 19.2. The van der Waals surface area contributed by atoms with Crippen LogP contribution in [0.15, 0.2) is 73.3 Å². The van der Waals surface area contributed by atoms with Gasteiger partial charge in [0.1, 0.15) is 17.2 Å². The molecule has 0 atom stereocenters. The van der Waals surface area contributed by atoms with Gasteiger partial charge in [-0.15, -0.1) is 0 Å². The highest BCUT2D eigenvalue weighted by molar-refractivity contribution is 6.00. The molecule has 7 rings (SSSR count). The number of benzene rings is 1. The van der Waals surface area contributed by atoms with Crippen LogP contribution >= 0.6 is 0 Å². The van der Waals surface area contributed by atoms with Crippen LogP contribution in [0.2, 0.25) is 0 Å². The van der Waals surface area contributed by atoms with Crippen LogP contribution in [0.5, 0.6) is 0 Å². The summed E-state index contributed by atoms with van der Waals surface area (Å²) in [7, 11) is 0. The lowest BCUT2D eigenvalue weighted by atomic mass is 10.0. The second-order valence-corrected chi connectivity index (χ2v) is 10.4. The van der Waals surface area contributed by atoms with Crippen molar-refractivity contribution in [2.45, 2.75) is 32.2 Å². The lowest BCUT2D eigenvalue weighted by Crippen LogP contribution is -2.20. The van der Waals surface area contributed by atoms with E-state index in [1.165, 1.54) is 37.8 Å². The molecule has 0 amide bonds. The topological polar surface area (TPSA) is 95.2 Å². The van der Waals surface area contributed by atoms with E-state index >= 15 is 0 Å². The molecule has 6 aromatic rings. The van der Waals surface area contributed by atoms with Crippen LogP contribution in [0, 0.1) is 11.7 Å². The minimum Gasteiger partial charge on any atom is -0.338 e. The van der Waals surface area contributed by atoms with E-state index < -0.39 is 0 Å². The molecule has 5 aromatic heterocycles. The van der Waals surface area contributed by atoms with E-state index in [4.69, 9.17) is 0 Å². The van der Waals surface area contributed by atoms with E-state index in [1.54, 1.807) is 12.3 Å². The van der Waals surface area contributed by atoms with Gasteiger partial charge in [0, 0.05) is 41.5 Å². The monoisotopic (exact) mass is 517 g/mol. The number of fused-ring (bicyclic) bond motifs is 2. The summed E-state index contributed by atoms with van der Waals surface area (Å²) in [6, 6.07) is 14.7. The molecule has 1 aliphatic rings. The van der Waals surface area contributed by atoms with Crippen molar-refractivity contribution in [3.05, 3.63) is 84.7 Å². The Morgan fingerprint density at radius 3 is 2.74 bits per heavy atom. The zero-order valence-electron chi connectivity index (χ0n) is 21.4. The summed E-state index contributed by atoms with van der Waals surface area (Å²) in [6.07, 6.45) is 12.7. The maximum Gasteiger partial charge on any atom is 0.138 e. The first kappa shape index (κ1) is 23.7. The Morgan fingerprint density at radius 2 is 1.85 bits per heavy atom. The fraction of sp³-hybridized carbons (Fsp3) is 0.226. The fourth-order valence-electron chi connectivity index (χ4n) is 5.70. The van der Waals surface area contributed by atoms with Crippen molar-refractivity contribution in [2.75, 3.05) is 6.54 Å². The number of nitrogens with zero attached hydrogens (tertiary/aromatic N) is 4. The van der Waals surface area contributed by atoms with E-state index in [0.717, 1.165) is 80.3 Å². The van der Waals surface area contributed by atoms with E-state index in [1.807, 2.05) is 42.9 Å². The molecule has 3 N–H and O–H groups in total. The van der Waals surface area contributed by atoms with Gasteiger partial charge in [-0.2, -0.15) is 5.10 Å². The van der Waals surface area contributed by atoms with Gasteiger partial charge >= 0.3 is 0 Å². The van der Waals surface area contributed by atoms with Crippen molar-refractivity contribution in [3.8, 4) is 33.8 Å². The molecular weight excluding hydrogens is 489 g/mol. The molecule has 5 heterocycles. The maximum absolute atomic E-state index is 13.9. The summed E-state index contributed by atoms with van der Waals surface area (Å²) in [6.45, 7) is 1.86. The number of aromatic nitrogens is 6. The number of nitrogens with one attached hydrogen (secondary N) is 3. The first-order valence-corrected chi connectivity index (χ1v) is 13.4. The molecule has 8 heteroatoms. The minimum absolute atomic E-state index is 0.269. The zero-order chi connectivity index (χ0) is 26.2. The van der Waals surface area contributed by atoms with Gasteiger partial charge in [-0.25, -0.2) is 9.37 Å². The third-order valence-corrected chi connectivity index (χ3v) is 7.70. The van der Waals surface area contributed by atoms with Crippen molar-refractivity contribution in [3.63, 3.8) is 0 Å². The van der Waals surface area contributed by atoms with E-state index in [-0.39, 0.29) is 5.82 Å². The van der Waals surface area contributed by atoms with E-state index in [9.17, 15) is 4.39 Å². The van der Waals surface area contributed by atoms with Gasteiger partial charge in [0.2, 0.25) is 0 Å². The fourth-order valence-corrected chi connectivity index (χ4v) is 5.70. The Bertz CT molecular complexity index is 1780. The highest BCUT2D eigenvalue weighted by atomic mass is 19.1. The van der Waals surface area contributed by atoms with Gasteiger partial charge in [0.15, 0.2) is 0 Å². The number of pyridine rings is 3. The predicted molar refractivity (Wildman–Crippen MR) is 151 cm³/mol. The molecule has 0 saturated heterocycles. The molecular formula is C31H28FN7. The van der Waals surface area contributed by atoms with Crippen LogP contribution in [-0.2, 0) is 6.54 Å². The molecule has 194 valence electrons. The summed E-state index contributed by atoms with van der Waals surface area (Å²) in [5, 5.41) is 13.2. The van der Waals surface area contributed by atoms with Gasteiger partial charge in [0.05, 0.1) is 23.1 Å². The van der Waals surface area contributed by atoms with Crippen LogP contribution in [0.4, 0.5) is 4.39 Å². The van der Waals surface area contributed by atoms with Crippen LogP contribution in [0.25, 0.3) is 55.7 Å². The number of hydrogen-bond acceptors (Lipinski definition) is 5. The zero-order valence-corrected chi connectivity index (χ0v) is 21.4. The lowest BCUT2D eigenvalue weighted by Gasteiger charge is -2.11. The second-order valence-electron chi connectivity index (χ2n) is 10.4. The number of aromatic amines is 2. The van der Waals surface area contributed by atoms with Crippen molar-refractivity contribution in [2.24, 2.45) is 5.92 Å². The molecule has 39 heavy (non-hydrogen) atoms. The van der Waals surface area contributed by atoms with Gasteiger partial charge in [-0.05, 0) is 78.4 Å². The lowest BCUT2D eigenvalue weighted by molar-refractivity contribution is 0.489. The SMILES string of the molecule is Fc1cccc(-c2ccnc3[nH]c(-c4n[nH]c5cnc(-c6cncc(CNCC7CCCC7)c6)cc45)cc23)c1. The maximum atomic E-state index is 13.9. The quantitative estimate of drug-likeness (QED) is 0.220. The molecule has 0 aliphatic heterocycles. The second kappa shape index (κ2) is 10.0. The van der Waals surface area contributed by atoms with Crippen LogP contribution in [0.1, 0.15) is 31.2 Å². The van der Waals surface area contributed by atoms with E-state index in [2.05, 4.69) is 41.5 Å². The Kier molecular flexibility index (Phi) is 6.09. The van der Waals surface area contributed by atoms with Gasteiger partial charge in [-0.3, -0.25) is 15.1 Å². The summed E-state index contributed by atoms with van der Waals surface area (Å²) < 4.78 is 13.9. The summed E-state index contributed by atoms with van der Waals surface area (Å²) in [5.74, 6) is 0.532. The average Bonchev–Trinajstić information content (AvgIpc) is 3.72. The molecule has 0 spiro atoms. The van der Waals surface area contributed by atoms with Gasteiger partial charge < -0.3 is 10.3 Å². The van der Waals surface area contributed by atoms with E-state index in [0.29, 0.717) is 0 Å². The number of hydrogen-bond donors (Lipinski definition) is 3. The normalized spacial score (nSPS) is 14.1. The molecule has 1 fully saturated rings. The minimum atomic E-state index is -0.269. The van der Waals surface area contributed by atoms with Crippen molar-refractivity contribution in [1.82, 2.24) is 35.5 Å². The molecule has 1 aromatic carbocycles. The Balaban J connectivity index is 1.20.